The number of hydrogen-bond acceptors (Lipinski definition) is 5. The smallest absolute Gasteiger partial charge is 0.345 e. The average Bonchev–Trinajstić information content (AvgIpc) is 2.77. The van der Waals surface area contributed by atoms with Crippen molar-refractivity contribution in [3.63, 3.8) is 0 Å². The van der Waals surface area contributed by atoms with Crippen LogP contribution in [0.2, 0.25) is 0 Å². The SMILES string of the molecule is O=C(O)c1ccc(C(=O)N2CCS(=O)(=O)CC2)s1. The average molecular weight is 289 g/mol. The Hall–Kier alpha value is -1.41. The largest absolute Gasteiger partial charge is 0.477 e. The minimum Gasteiger partial charge on any atom is -0.477 e. The summed E-state index contributed by atoms with van der Waals surface area (Å²) in [6.45, 7) is 0.336. The van der Waals surface area contributed by atoms with Gasteiger partial charge in [0.15, 0.2) is 9.84 Å². The van der Waals surface area contributed by atoms with Crippen molar-refractivity contribution in [2.45, 2.75) is 0 Å². The van der Waals surface area contributed by atoms with E-state index in [4.69, 9.17) is 5.11 Å². The van der Waals surface area contributed by atoms with E-state index in [2.05, 4.69) is 0 Å². The Balaban J connectivity index is 2.10. The number of nitrogens with zero attached hydrogens (tertiary/aromatic N) is 1. The van der Waals surface area contributed by atoms with Gasteiger partial charge in [-0.15, -0.1) is 11.3 Å². The maximum atomic E-state index is 12.0. The number of aromatic carboxylic acids is 1. The van der Waals surface area contributed by atoms with Gasteiger partial charge in [-0.1, -0.05) is 0 Å². The number of rotatable bonds is 2. The van der Waals surface area contributed by atoms with E-state index in [1.165, 1.54) is 17.0 Å². The molecule has 1 aliphatic rings. The topological polar surface area (TPSA) is 91.8 Å². The zero-order valence-corrected chi connectivity index (χ0v) is 11.0. The summed E-state index contributed by atoms with van der Waals surface area (Å²) < 4.78 is 22.5. The highest BCUT2D eigenvalue weighted by atomic mass is 32.2. The van der Waals surface area contributed by atoms with Crippen LogP contribution < -0.4 is 0 Å². The second-order valence-corrected chi connectivity index (χ2v) is 7.30. The third kappa shape index (κ3) is 2.70. The molecule has 0 saturated carbocycles. The Morgan fingerprint density at radius 2 is 1.72 bits per heavy atom. The van der Waals surface area contributed by atoms with E-state index >= 15 is 0 Å². The van der Waals surface area contributed by atoms with Crippen molar-refractivity contribution in [1.29, 1.82) is 0 Å². The summed E-state index contributed by atoms with van der Waals surface area (Å²) >= 11 is 0.902. The Kier molecular flexibility index (Phi) is 3.40. The first-order chi connectivity index (χ1) is 8.39. The van der Waals surface area contributed by atoms with Crippen molar-refractivity contribution in [3.05, 3.63) is 21.9 Å². The molecule has 0 unspecified atom stereocenters. The summed E-state index contributed by atoms with van der Waals surface area (Å²) in [7, 11) is -3.02. The maximum Gasteiger partial charge on any atom is 0.345 e. The highest BCUT2D eigenvalue weighted by molar-refractivity contribution is 7.91. The zero-order chi connectivity index (χ0) is 13.3. The van der Waals surface area contributed by atoms with Gasteiger partial charge in [0, 0.05) is 13.1 Å². The summed E-state index contributed by atoms with van der Waals surface area (Å²) in [4.78, 5) is 24.6. The fourth-order valence-electron chi connectivity index (χ4n) is 1.64. The fraction of sp³-hybridized carbons (Fsp3) is 0.400. The number of sulfone groups is 1. The van der Waals surface area contributed by atoms with Crippen LogP contribution in [-0.2, 0) is 9.84 Å². The van der Waals surface area contributed by atoms with Gasteiger partial charge in [0.25, 0.3) is 5.91 Å². The maximum absolute atomic E-state index is 12.0. The molecule has 6 nitrogen and oxygen atoms in total. The Labute approximate surface area is 108 Å². The molecule has 0 spiro atoms. The molecule has 0 aliphatic carbocycles. The standard InChI is InChI=1S/C10H11NO5S2/c12-9(7-1-2-8(17-7)10(13)14)11-3-5-18(15,16)6-4-11/h1-2H,3-6H2,(H,13,14). The first-order valence-electron chi connectivity index (χ1n) is 5.22. The van der Waals surface area contributed by atoms with Gasteiger partial charge in [-0.25, -0.2) is 13.2 Å². The molecule has 1 fully saturated rings. The van der Waals surface area contributed by atoms with Gasteiger partial charge in [0.1, 0.15) is 4.88 Å². The molecule has 8 heteroatoms. The van der Waals surface area contributed by atoms with Crippen molar-refractivity contribution in [3.8, 4) is 0 Å². The molecule has 18 heavy (non-hydrogen) atoms. The van der Waals surface area contributed by atoms with E-state index in [0.717, 1.165) is 11.3 Å². The van der Waals surface area contributed by atoms with Gasteiger partial charge in [-0.2, -0.15) is 0 Å². The molecule has 1 saturated heterocycles. The Bertz CT molecular complexity index is 575. The second kappa shape index (κ2) is 4.69. The third-order valence-electron chi connectivity index (χ3n) is 2.66. The monoisotopic (exact) mass is 289 g/mol. The molecule has 1 aliphatic heterocycles. The van der Waals surface area contributed by atoms with Crippen LogP contribution in [0.3, 0.4) is 0 Å². The van der Waals surface area contributed by atoms with Gasteiger partial charge < -0.3 is 10.0 Å². The highest BCUT2D eigenvalue weighted by Crippen LogP contribution is 2.19. The molecule has 0 aromatic carbocycles. The lowest BCUT2D eigenvalue weighted by atomic mass is 10.3. The van der Waals surface area contributed by atoms with Crippen LogP contribution in [-0.4, -0.2) is 54.9 Å². The summed E-state index contributed by atoms with van der Waals surface area (Å²) in [5, 5.41) is 8.77. The van der Waals surface area contributed by atoms with Crippen LogP contribution in [0.15, 0.2) is 12.1 Å². The second-order valence-electron chi connectivity index (χ2n) is 3.91. The summed E-state index contributed by atoms with van der Waals surface area (Å²) in [6, 6.07) is 2.83. The van der Waals surface area contributed by atoms with E-state index in [0.29, 0.717) is 4.88 Å². The van der Waals surface area contributed by atoms with Crippen LogP contribution in [0, 0.1) is 0 Å². The summed E-state index contributed by atoms with van der Waals surface area (Å²) in [5.41, 5.74) is 0. The Morgan fingerprint density at radius 1 is 1.17 bits per heavy atom. The van der Waals surface area contributed by atoms with Crippen LogP contribution in [0.4, 0.5) is 0 Å². The first kappa shape index (κ1) is 13.0. The first-order valence-corrected chi connectivity index (χ1v) is 7.86. The van der Waals surface area contributed by atoms with E-state index < -0.39 is 15.8 Å². The predicted molar refractivity (Wildman–Crippen MR) is 65.8 cm³/mol. The van der Waals surface area contributed by atoms with Gasteiger partial charge in [-0.3, -0.25) is 4.79 Å². The van der Waals surface area contributed by atoms with Crippen molar-refractivity contribution in [2.75, 3.05) is 24.6 Å². The normalized spacial score (nSPS) is 18.6. The molecule has 1 aromatic heterocycles. The van der Waals surface area contributed by atoms with Crippen molar-refractivity contribution < 1.29 is 23.1 Å². The highest BCUT2D eigenvalue weighted by Gasteiger charge is 2.26. The molecule has 2 heterocycles. The molecule has 0 radical (unpaired) electrons. The number of carboxylic acid groups (broad SMARTS) is 1. The molecule has 0 atom stereocenters. The van der Waals surface area contributed by atoms with E-state index in [1.54, 1.807) is 0 Å². The van der Waals surface area contributed by atoms with E-state index in [1.807, 2.05) is 0 Å². The van der Waals surface area contributed by atoms with E-state index in [-0.39, 0.29) is 35.4 Å². The van der Waals surface area contributed by atoms with Gasteiger partial charge in [0.05, 0.1) is 16.4 Å². The van der Waals surface area contributed by atoms with Crippen LogP contribution in [0.25, 0.3) is 0 Å². The molecular weight excluding hydrogens is 278 g/mol. The summed E-state index contributed by atoms with van der Waals surface area (Å²) in [6.07, 6.45) is 0. The van der Waals surface area contributed by atoms with Crippen LogP contribution in [0.1, 0.15) is 19.3 Å². The van der Waals surface area contributed by atoms with Crippen LogP contribution >= 0.6 is 11.3 Å². The number of carboxylic acids is 1. The Morgan fingerprint density at radius 3 is 2.22 bits per heavy atom. The molecule has 98 valence electrons. The van der Waals surface area contributed by atoms with Gasteiger partial charge in [-0.05, 0) is 12.1 Å². The molecule has 1 N–H and O–H groups in total. The number of amides is 1. The van der Waals surface area contributed by atoms with Crippen molar-refractivity contribution in [2.24, 2.45) is 0 Å². The summed E-state index contributed by atoms with van der Waals surface area (Å²) in [5.74, 6) is -1.44. The lowest BCUT2D eigenvalue weighted by molar-refractivity contribution is 0.0701. The lowest BCUT2D eigenvalue weighted by Crippen LogP contribution is -2.43. The zero-order valence-electron chi connectivity index (χ0n) is 9.33. The number of carbonyl (C=O) groups excluding carboxylic acids is 1. The number of hydrogen-bond donors (Lipinski definition) is 1. The van der Waals surface area contributed by atoms with Crippen molar-refractivity contribution in [1.82, 2.24) is 4.90 Å². The molecule has 1 amide bonds. The minimum absolute atomic E-state index is 0.0318. The van der Waals surface area contributed by atoms with E-state index in [9.17, 15) is 18.0 Å². The van der Waals surface area contributed by atoms with Gasteiger partial charge >= 0.3 is 5.97 Å². The van der Waals surface area contributed by atoms with Gasteiger partial charge in [0.2, 0.25) is 0 Å². The molecule has 1 aromatic rings. The number of carbonyl (C=O) groups is 2. The minimum atomic E-state index is -3.02. The molecule has 0 bridgehead atoms. The fourth-order valence-corrected chi connectivity index (χ4v) is 3.65. The number of thiophene rings is 1. The lowest BCUT2D eigenvalue weighted by Gasteiger charge is -2.26. The quantitative estimate of drug-likeness (QED) is 0.846. The predicted octanol–water partition coefficient (Wildman–Crippen LogP) is 0.317. The molecular formula is C10H11NO5S2. The van der Waals surface area contributed by atoms with Crippen molar-refractivity contribution >= 4 is 33.1 Å². The molecule has 2 rings (SSSR count). The van der Waals surface area contributed by atoms with Crippen LogP contribution in [0.5, 0.6) is 0 Å². The third-order valence-corrected chi connectivity index (χ3v) is 5.33.